The van der Waals surface area contributed by atoms with Crippen LogP contribution in [0.3, 0.4) is 0 Å². The van der Waals surface area contributed by atoms with Crippen LogP contribution in [-0.2, 0) is 0 Å². The molecular formula is C10H12N2O. The molecule has 1 amide bonds. The van der Waals surface area contributed by atoms with E-state index in [0.717, 1.165) is 0 Å². The predicted molar refractivity (Wildman–Crippen MR) is 53.7 cm³/mol. The van der Waals surface area contributed by atoms with Crippen molar-refractivity contribution in [3.05, 3.63) is 29.8 Å². The zero-order valence-corrected chi connectivity index (χ0v) is 7.58. The number of para-hydroxylation sites is 1. The Balaban J connectivity index is 2.98. The fourth-order valence-corrected chi connectivity index (χ4v) is 1.06. The molecule has 0 saturated carbocycles. The third-order valence-electron chi connectivity index (χ3n) is 1.66. The van der Waals surface area contributed by atoms with Crippen LogP contribution >= 0.6 is 0 Å². The first-order valence-electron chi connectivity index (χ1n) is 4.13. The van der Waals surface area contributed by atoms with Crippen LogP contribution in [0.15, 0.2) is 29.3 Å². The largest absolute Gasteiger partial charge is 0.352 e. The Hall–Kier alpha value is -1.64. The van der Waals surface area contributed by atoms with Gasteiger partial charge in [-0.15, -0.1) is 0 Å². The van der Waals surface area contributed by atoms with Gasteiger partial charge >= 0.3 is 0 Å². The van der Waals surface area contributed by atoms with Gasteiger partial charge in [-0.05, 0) is 25.8 Å². The number of amides is 1. The van der Waals surface area contributed by atoms with E-state index in [1.165, 1.54) is 0 Å². The Morgan fingerprint density at radius 1 is 1.54 bits per heavy atom. The first-order chi connectivity index (χ1) is 6.29. The van der Waals surface area contributed by atoms with E-state index in [-0.39, 0.29) is 5.91 Å². The lowest BCUT2D eigenvalue weighted by atomic mass is 10.1. The molecule has 0 saturated heterocycles. The lowest BCUT2D eigenvalue weighted by Gasteiger charge is -2.04. The van der Waals surface area contributed by atoms with Crippen LogP contribution in [0.5, 0.6) is 0 Å². The van der Waals surface area contributed by atoms with E-state index in [0.29, 0.717) is 17.8 Å². The zero-order valence-electron chi connectivity index (χ0n) is 7.58. The number of nitrogens with zero attached hydrogens (tertiary/aromatic N) is 1. The van der Waals surface area contributed by atoms with E-state index in [4.69, 9.17) is 0 Å². The normalized spacial score (nSPS) is 9.31. The van der Waals surface area contributed by atoms with Crippen molar-refractivity contribution in [2.75, 3.05) is 6.54 Å². The molecule has 0 unspecified atom stereocenters. The zero-order chi connectivity index (χ0) is 9.68. The molecule has 68 valence electrons. The average molecular weight is 176 g/mol. The Kier molecular flexibility index (Phi) is 3.20. The molecule has 0 radical (unpaired) electrons. The molecule has 0 heterocycles. The Labute approximate surface area is 77.5 Å². The summed E-state index contributed by atoms with van der Waals surface area (Å²) < 4.78 is 0. The maximum Gasteiger partial charge on any atom is 0.253 e. The summed E-state index contributed by atoms with van der Waals surface area (Å²) in [4.78, 5) is 15.2. The van der Waals surface area contributed by atoms with Gasteiger partial charge < -0.3 is 5.32 Å². The van der Waals surface area contributed by atoms with E-state index in [2.05, 4.69) is 17.0 Å². The highest BCUT2D eigenvalue weighted by atomic mass is 16.1. The maximum atomic E-state index is 11.4. The first-order valence-corrected chi connectivity index (χ1v) is 4.13. The minimum atomic E-state index is -0.106. The van der Waals surface area contributed by atoms with Gasteiger partial charge in [-0.25, -0.2) is 0 Å². The van der Waals surface area contributed by atoms with Gasteiger partial charge in [0.2, 0.25) is 0 Å². The van der Waals surface area contributed by atoms with Gasteiger partial charge in [-0.1, -0.05) is 12.1 Å². The molecule has 1 rings (SSSR count). The lowest BCUT2D eigenvalue weighted by Crippen LogP contribution is -2.22. The second-order valence-electron chi connectivity index (χ2n) is 2.53. The van der Waals surface area contributed by atoms with E-state index >= 15 is 0 Å². The van der Waals surface area contributed by atoms with Crippen molar-refractivity contribution >= 4 is 18.3 Å². The van der Waals surface area contributed by atoms with Gasteiger partial charge in [0, 0.05) is 6.54 Å². The Morgan fingerprint density at radius 2 is 2.23 bits per heavy atom. The van der Waals surface area contributed by atoms with Crippen molar-refractivity contribution in [3.8, 4) is 0 Å². The van der Waals surface area contributed by atoms with E-state index in [9.17, 15) is 4.79 Å². The number of hydrogen-bond donors (Lipinski definition) is 1. The number of nitrogens with one attached hydrogen (secondary N) is 1. The minimum absolute atomic E-state index is 0.106. The summed E-state index contributed by atoms with van der Waals surface area (Å²) in [6, 6.07) is 7.12. The molecule has 0 spiro atoms. The molecule has 3 nitrogen and oxygen atoms in total. The van der Waals surface area contributed by atoms with Crippen molar-refractivity contribution in [1.29, 1.82) is 0 Å². The molecule has 0 aliphatic carbocycles. The van der Waals surface area contributed by atoms with Crippen LogP contribution < -0.4 is 5.32 Å². The number of aliphatic imine (C=N–C) groups is 1. The molecule has 1 N–H and O–H groups in total. The third-order valence-corrected chi connectivity index (χ3v) is 1.66. The van der Waals surface area contributed by atoms with Gasteiger partial charge in [0.1, 0.15) is 0 Å². The third kappa shape index (κ3) is 2.15. The highest BCUT2D eigenvalue weighted by molar-refractivity contribution is 5.99. The molecule has 0 bridgehead atoms. The fraction of sp³-hybridized carbons (Fsp3) is 0.200. The van der Waals surface area contributed by atoms with Crippen molar-refractivity contribution in [2.24, 2.45) is 4.99 Å². The highest BCUT2D eigenvalue weighted by Crippen LogP contribution is 2.17. The Bertz CT molecular complexity index is 320. The number of carbonyl (C=O) groups excluding carboxylic acids is 1. The average Bonchev–Trinajstić information content (AvgIpc) is 2.18. The van der Waals surface area contributed by atoms with E-state index < -0.39 is 0 Å². The van der Waals surface area contributed by atoms with Gasteiger partial charge in [-0.3, -0.25) is 9.79 Å². The Morgan fingerprint density at radius 3 is 2.85 bits per heavy atom. The van der Waals surface area contributed by atoms with Crippen molar-refractivity contribution in [1.82, 2.24) is 5.32 Å². The molecule has 1 aromatic carbocycles. The fourth-order valence-electron chi connectivity index (χ4n) is 1.06. The van der Waals surface area contributed by atoms with Crippen LogP contribution in [0, 0.1) is 0 Å². The van der Waals surface area contributed by atoms with E-state index in [1.54, 1.807) is 18.2 Å². The number of carbonyl (C=O) groups is 1. The summed E-state index contributed by atoms with van der Waals surface area (Å²) in [5.41, 5.74) is 1.19. The van der Waals surface area contributed by atoms with Crippen LogP contribution in [0.25, 0.3) is 0 Å². The predicted octanol–water partition coefficient (Wildman–Crippen LogP) is 1.77. The van der Waals surface area contributed by atoms with Gasteiger partial charge in [-0.2, -0.15) is 0 Å². The molecule has 0 fully saturated rings. The quantitative estimate of drug-likeness (QED) is 0.700. The van der Waals surface area contributed by atoms with E-state index in [1.807, 2.05) is 13.0 Å². The molecule has 0 aliphatic heterocycles. The topological polar surface area (TPSA) is 41.5 Å². The number of rotatable bonds is 3. The molecule has 0 atom stereocenters. The standard InChI is InChI=1S/C10H12N2O/c1-3-12-10(13)8-6-4-5-7-9(8)11-2/h4-7H,2-3H2,1H3,(H,12,13). The smallest absolute Gasteiger partial charge is 0.253 e. The van der Waals surface area contributed by atoms with Crippen LogP contribution in [0.2, 0.25) is 0 Å². The molecule has 3 heteroatoms. The molecular weight excluding hydrogens is 164 g/mol. The van der Waals surface area contributed by atoms with Crippen LogP contribution in [-0.4, -0.2) is 19.2 Å². The monoisotopic (exact) mass is 176 g/mol. The highest BCUT2D eigenvalue weighted by Gasteiger charge is 2.07. The number of benzene rings is 1. The van der Waals surface area contributed by atoms with Crippen molar-refractivity contribution < 1.29 is 4.79 Å². The summed E-state index contributed by atoms with van der Waals surface area (Å²) in [6.45, 7) is 5.90. The summed E-state index contributed by atoms with van der Waals surface area (Å²) in [6.07, 6.45) is 0. The maximum absolute atomic E-state index is 11.4. The summed E-state index contributed by atoms with van der Waals surface area (Å²) in [5.74, 6) is -0.106. The van der Waals surface area contributed by atoms with Crippen molar-refractivity contribution in [2.45, 2.75) is 6.92 Å². The van der Waals surface area contributed by atoms with Gasteiger partial charge in [0.15, 0.2) is 0 Å². The summed E-state index contributed by atoms with van der Waals surface area (Å²) >= 11 is 0. The van der Waals surface area contributed by atoms with Crippen LogP contribution in [0.1, 0.15) is 17.3 Å². The summed E-state index contributed by atoms with van der Waals surface area (Å²) in [5, 5.41) is 2.71. The molecule has 13 heavy (non-hydrogen) atoms. The first kappa shape index (κ1) is 9.45. The minimum Gasteiger partial charge on any atom is -0.352 e. The molecule has 0 aromatic heterocycles. The van der Waals surface area contributed by atoms with Gasteiger partial charge in [0.25, 0.3) is 5.91 Å². The second-order valence-corrected chi connectivity index (χ2v) is 2.53. The van der Waals surface area contributed by atoms with Gasteiger partial charge in [0.05, 0.1) is 11.3 Å². The van der Waals surface area contributed by atoms with Crippen molar-refractivity contribution in [3.63, 3.8) is 0 Å². The molecule has 0 aliphatic rings. The molecule has 1 aromatic rings. The number of hydrogen-bond acceptors (Lipinski definition) is 2. The SMILES string of the molecule is C=Nc1ccccc1C(=O)NCC. The summed E-state index contributed by atoms with van der Waals surface area (Å²) in [7, 11) is 0. The lowest BCUT2D eigenvalue weighted by molar-refractivity contribution is 0.0956. The second kappa shape index (κ2) is 4.40. The van der Waals surface area contributed by atoms with Crippen LogP contribution in [0.4, 0.5) is 5.69 Å².